The number of rotatable bonds is 1. The molecule has 0 saturated carbocycles. The van der Waals surface area contributed by atoms with Gasteiger partial charge < -0.3 is 0 Å². The zero-order chi connectivity index (χ0) is 13.7. The van der Waals surface area contributed by atoms with E-state index in [0.29, 0.717) is 5.56 Å². The number of aryl methyl sites for hydroxylation is 1. The molecule has 1 aromatic heterocycles. The molecule has 0 radical (unpaired) electrons. The molecule has 0 unspecified atom stereocenters. The number of nitrogens with zero attached hydrogens (tertiary/aromatic N) is 2. The van der Waals surface area contributed by atoms with E-state index in [0.717, 1.165) is 26.9 Å². The van der Waals surface area contributed by atoms with Gasteiger partial charge in [-0.05, 0) is 48.7 Å². The molecule has 0 atom stereocenters. The number of pyridine rings is 1. The smallest absolute Gasteiger partial charge is 0.113 e. The predicted molar refractivity (Wildman–Crippen MR) is 83.8 cm³/mol. The van der Waals surface area contributed by atoms with Gasteiger partial charge >= 0.3 is 0 Å². The van der Waals surface area contributed by atoms with Gasteiger partial charge in [-0.25, -0.2) is 4.98 Å². The number of aromatic nitrogens is 1. The molecule has 92 valence electrons. The van der Waals surface area contributed by atoms with Crippen molar-refractivity contribution in [3.05, 3.63) is 64.5 Å². The number of nitriles is 1. The van der Waals surface area contributed by atoms with Crippen molar-refractivity contribution in [3.8, 4) is 17.9 Å². The third-order valence-corrected chi connectivity index (χ3v) is 3.38. The van der Waals surface area contributed by atoms with E-state index in [1.165, 1.54) is 0 Å². The van der Waals surface area contributed by atoms with Gasteiger partial charge in [-0.3, -0.25) is 0 Å². The minimum absolute atomic E-state index is 0.649. The summed E-state index contributed by atoms with van der Waals surface area (Å²) in [6.45, 7) is 1.94. The Bertz CT molecular complexity index is 703. The van der Waals surface area contributed by atoms with Crippen LogP contribution < -0.4 is 0 Å². The molecular formula is C16H11IN2. The second-order valence-corrected chi connectivity index (χ2v) is 4.84. The van der Waals surface area contributed by atoms with E-state index in [2.05, 4.69) is 45.5 Å². The summed E-state index contributed by atoms with van der Waals surface area (Å²) in [6.07, 6.45) is 0. The van der Waals surface area contributed by atoms with Crippen molar-refractivity contribution in [2.45, 2.75) is 11.4 Å². The average Bonchev–Trinajstić information content (AvgIpc) is 2.44. The summed E-state index contributed by atoms with van der Waals surface area (Å²) >= 11 is 2.28. The summed E-state index contributed by atoms with van der Waals surface area (Å²) in [5.41, 5.74) is 4.31. The Labute approximate surface area is 126 Å². The fourth-order valence-corrected chi connectivity index (χ4v) is 2.10. The normalized spacial score (nSPS) is 9.32. The highest BCUT2D eigenvalue weighted by molar-refractivity contribution is 14.1. The van der Waals surface area contributed by atoms with Gasteiger partial charge in [0.15, 0.2) is 0 Å². The summed E-state index contributed by atoms with van der Waals surface area (Å²) < 4.78 is 0.866. The van der Waals surface area contributed by atoms with Crippen LogP contribution in [-0.2, 0) is 4.43 Å². The minimum Gasteiger partial charge on any atom is -0.245 e. The summed E-state index contributed by atoms with van der Waals surface area (Å²) in [7, 11) is 0. The molecular weight excluding hydrogens is 347 g/mol. The highest BCUT2D eigenvalue weighted by atomic mass is 127. The molecule has 0 amide bonds. The van der Waals surface area contributed by atoms with Crippen LogP contribution in [-0.4, -0.2) is 4.98 Å². The summed E-state index contributed by atoms with van der Waals surface area (Å²) in [4.78, 5) is 4.33. The summed E-state index contributed by atoms with van der Waals surface area (Å²) in [5, 5.41) is 8.99. The lowest BCUT2D eigenvalue weighted by Gasteiger charge is -1.98. The SMILES string of the molecule is Cc1cccc(C#Cc2cc(C#N)cc(CI)c2)n1. The molecule has 0 fully saturated rings. The van der Waals surface area contributed by atoms with E-state index in [1.54, 1.807) is 6.07 Å². The van der Waals surface area contributed by atoms with Crippen LogP contribution in [0.5, 0.6) is 0 Å². The maximum absolute atomic E-state index is 8.99. The van der Waals surface area contributed by atoms with E-state index in [-0.39, 0.29) is 0 Å². The van der Waals surface area contributed by atoms with Crippen molar-refractivity contribution >= 4 is 22.6 Å². The topological polar surface area (TPSA) is 36.7 Å². The lowest BCUT2D eigenvalue weighted by molar-refractivity contribution is 1.18. The first-order chi connectivity index (χ1) is 9.21. The fraction of sp³-hybridized carbons (Fsp3) is 0.125. The second kappa shape index (κ2) is 6.36. The highest BCUT2D eigenvalue weighted by Crippen LogP contribution is 2.12. The molecule has 0 bridgehead atoms. The Balaban J connectivity index is 2.37. The van der Waals surface area contributed by atoms with Crippen LogP contribution in [0.4, 0.5) is 0 Å². The number of hydrogen-bond donors (Lipinski definition) is 0. The van der Waals surface area contributed by atoms with Crippen LogP contribution in [0.25, 0.3) is 0 Å². The Morgan fingerprint density at radius 1 is 1.16 bits per heavy atom. The van der Waals surface area contributed by atoms with Crippen molar-refractivity contribution < 1.29 is 0 Å². The van der Waals surface area contributed by atoms with E-state index >= 15 is 0 Å². The highest BCUT2D eigenvalue weighted by Gasteiger charge is 1.98. The van der Waals surface area contributed by atoms with Gasteiger partial charge in [-0.2, -0.15) is 5.26 Å². The third kappa shape index (κ3) is 3.81. The molecule has 2 rings (SSSR count). The van der Waals surface area contributed by atoms with Crippen LogP contribution in [0.15, 0.2) is 36.4 Å². The molecule has 2 nitrogen and oxygen atoms in total. The Morgan fingerprint density at radius 2 is 1.95 bits per heavy atom. The zero-order valence-corrected chi connectivity index (χ0v) is 12.6. The van der Waals surface area contributed by atoms with Crippen LogP contribution in [0.1, 0.15) is 28.1 Å². The lowest BCUT2D eigenvalue weighted by Crippen LogP contribution is -1.87. The van der Waals surface area contributed by atoms with Crippen LogP contribution in [0, 0.1) is 30.1 Å². The molecule has 1 aromatic carbocycles. The summed E-state index contributed by atoms with van der Waals surface area (Å²) in [5.74, 6) is 6.10. The van der Waals surface area contributed by atoms with Gasteiger partial charge in [0.2, 0.25) is 0 Å². The Hall–Kier alpha value is -1.85. The Morgan fingerprint density at radius 3 is 2.63 bits per heavy atom. The first kappa shape index (κ1) is 13.6. The second-order valence-electron chi connectivity index (χ2n) is 4.08. The first-order valence-electron chi connectivity index (χ1n) is 5.77. The van der Waals surface area contributed by atoms with E-state index in [9.17, 15) is 0 Å². The van der Waals surface area contributed by atoms with E-state index < -0.39 is 0 Å². The molecule has 3 heteroatoms. The molecule has 2 aromatic rings. The van der Waals surface area contributed by atoms with Crippen LogP contribution in [0.3, 0.4) is 0 Å². The van der Waals surface area contributed by atoms with Crippen molar-refractivity contribution in [2.75, 3.05) is 0 Å². The van der Waals surface area contributed by atoms with Crippen LogP contribution in [0.2, 0.25) is 0 Å². The van der Waals surface area contributed by atoms with Crippen molar-refractivity contribution in [3.63, 3.8) is 0 Å². The maximum atomic E-state index is 8.99. The number of halogens is 1. The summed E-state index contributed by atoms with van der Waals surface area (Å²) in [6, 6.07) is 13.6. The van der Waals surface area contributed by atoms with Crippen LogP contribution >= 0.6 is 22.6 Å². The number of alkyl halides is 1. The largest absolute Gasteiger partial charge is 0.245 e. The average molecular weight is 358 g/mol. The Kier molecular flexibility index (Phi) is 4.54. The maximum Gasteiger partial charge on any atom is 0.113 e. The molecule has 0 spiro atoms. The molecule has 1 heterocycles. The van der Waals surface area contributed by atoms with Gasteiger partial charge in [0.25, 0.3) is 0 Å². The van der Waals surface area contributed by atoms with Gasteiger partial charge in [0.1, 0.15) is 5.69 Å². The number of hydrogen-bond acceptors (Lipinski definition) is 2. The minimum atomic E-state index is 0.649. The van der Waals surface area contributed by atoms with Crippen molar-refractivity contribution in [2.24, 2.45) is 0 Å². The predicted octanol–water partition coefficient (Wildman–Crippen LogP) is 3.60. The molecule has 0 aliphatic rings. The fourth-order valence-electron chi connectivity index (χ4n) is 1.65. The first-order valence-corrected chi connectivity index (χ1v) is 7.29. The van der Waals surface area contributed by atoms with Crippen molar-refractivity contribution in [1.82, 2.24) is 4.98 Å². The van der Waals surface area contributed by atoms with Gasteiger partial charge in [-0.15, -0.1) is 0 Å². The molecule has 19 heavy (non-hydrogen) atoms. The van der Waals surface area contributed by atoms with Gasteiger partial charge in [0.05, 0.1) is 11.6 Å². The number of benzene rings is 1. The zero-order valence-electron chi connectivity index (χ0n) is 10.4. The molecule has 0 aliphatic carbocycles. The van der Waals surface area contributed by atoms with E-state index in [1.807, 2.05) is 37.3 Å². The molecule has 0 N–H and O–H groups in total. The third-order valence-electron chi connectivity index (χ3n) is 2.50. The van der Waals surface area contributed by atoms with Gasteiger partial charge in [0, 0.05) is 15.7 Å². The molecule has 0 aliphatic heterocycles. The monoisotopic (exact) mass is 358 g/mol. The lowest BCUT2D eigenvalue weighted by atomic mass is 10.1. The molecule has 0 saturated heterocycles. The quantitative estimate of drug-likeness (QED) is 0.444. The standard InChI is InChI=1S/C16H11IN2/c1-12-3-2-4-16(19-12)6-5-13-7-14(10-17)9-15(8-13)11-18/h2-4,7-9H,10H2,1H3. The van der Waals surface area contributed by atoms with Crippen molar-refractivity contribution in [1.29, 1.82) is 5.26 Å². The van der Waals surface area contributed by atoms with Gasteiger partial charge in [-0.1, -0.05) is 34.6 Å². The van der Waals surface area contributed by atoms with E-state index in [4.69, 9.17) is 5.26 Å².